The van der Waals surface area contributed by atoms with Gasteiger partial charge in [-0.15, -0.1) is 0 Å². The summed E-state index contributed by atoms with van der Waals surface area (Å²) in [5.41, 5.74) is 1.43. The van der Waals surface area contributed by atoms with E-state index in [-0.39, 0.29) is 0 Å². The van der Waals surface area contributed by atoms with E-state index in [4.69, 9.17) is 14.9 Å². The van der Waals surface area contributed by atoms with Crippen LogP contribution in [0.5, 0.6) is 0 Å². The van der Waals surface area contributed by atoms with E-state index in [1.807, 2.05) is 12.1 Å². The zero-order valence-corrected chi connectivity index (χ0v) is 7.64. The largest absolute Gasteiger partial charge is 0.444 e. The summed E-state index contributed by atoms with van der Waals surface area (Å²) in [4.78, 5) is 3.95. The minimum absolute atomic E-state index is 0.385. The lowest BCUT2D eigenvalue weighted by Gasteiger charge is -1.98. The zero-order valence-electron chi connectivity index (χ0n) is 7.64. The van der Waals surface area contributed by atoms with Crippen LogP contribution in [-0.2, 0) is 0 Å². The summed E-state index contributed by atoms with van der Waals surface area (Å²) in [6.07, 6.45) is 2.95. The molecule has 2 rings (SSSR count). The van der Waals surface area contributed by atoms with Gasteiger partial charge in [0.05, 0.1) is 35.0 Å². The summed E-state index contributed by atoms with van der Waals surface area (Å²) < 4.78 is 5.09. The normalized spacial score (nSPS) is 9.20. The Labute approximate surface area is 86.0 Å². The van der Waals surface area contributed by atoms with Crippen LogP contribution in [0.2, 0.25) is 0 Å². The average Bonchev–Trinajstić information content (AvgIpc) is 2.81. The molecule has 0 amide bonds. The smallest absolute Gasteiger partial charge is 0.227 e. The highest BCUT2D eigenvalue weighted by Crippen LogP contribution is 2.22. The van der Waals surface area contributed by atoms with Crippen molar-refractivity contribution in [1.29, 1.82) is 10.5 Å². The van der Waals surface area contributed by atoms with Crippen LogP contribution in [0, 0.1) is 22.7 Å². The lowest BCUT2D eigenvalue weighted by atomic mass is 10.1. The maximum absolute atomic E-state index is 8.91. The van der Waals surface area contributed by atoms with Crippen LogP contribution in [0.1, 0.15) is 11.1 Å². The van der Waals surface area contributed by atoms with Crippen molar-refractivity contribution in [3.05, 3.63) is 41.8 Å². The number of nitriles is 2. The lowest BCUT2D eigenvalue weighted by molar-refractivity contribution is 0.574. The molecular weight excluding hydrogens is 190 g/mol. The first-order chi connectivity index (χ1) is 7.35. The second-order valence-electron chi connectivity index (χ2n) is 2.82. The number of oxazole rings is 1. The molecule has 1 aromatic carbocycles. The molecule has 0 aliphatic rings. The number of hydrogen-bond donors (Lipinski definition) is 0. The maximum atomic E-state index is 8.91. The molecule has 0 N–H and O–H groups in total. The van der Waals surface area contributed by atoms with Crippen LogP contribution in [0.25, 0.3) is 11.5 Å². The maximum Gasteiger partial charge on any atom is 0.227 e. The first-order valence-electron chi connectivity index (χ1n) is 4.19. The zero-order chi connectivity index (χ0) is 10.7. The lowest BCUT2D eigenvalue weighted by Crippen LogP contribution is -1.86. The molecule has 70 valence electrons. The SMILES string of the molecule is N#Cc1ccc(-c2ncco2)c(C#N)c1. The summed E-state index contributed by atoms with van der Waals surface area (Å²) in [6, 6.07) is 8.77. The third-order valence-corrected chi connectivity index (χ3v) is 1.93. The Morgan fingerprint density at radius 3 is 2.67 bits per heavy atom. The summed E-state index contributed by atoms with van der Waals surface area (Å²) in [5.74, 6) is 0.385. The molecule has 0 aliphatic heterocycles. The predicted octanol–water partition coefficient (Wildman–Crippen LogP) is 2.08. The minimum atomic E-state index is 0.385. The number of benzene rings is 1. The van der Waals surface area contributed by atoms with E-state index in [0.29, 0.717) is 22.6 Å². The molecule has 0 spiro atoms. The van der Waals surface area contributed by atoms with Crippen molar-refractivity contribution in [1.82, 2.24) is 4.98 Å². The van der Waals surface area contributed by atoms with Crippen LogP contribution >= 0.6 is 0 Å². The number of hydrogen-bond acceptors (Lipinski definition) is 4. The van der Waals surface area contributed by atoms with Crippen molar-refractivity contribution in [3.63, 3.8) is 0 Å². The Hall–Kier alpha value is -2.59. The molecule has 0 aliphatic carbocycles. The Balaban J connectivity index is 2.60. The highest BCUT2D eigenvalue weighted by Gasteiger charge is 2.09. The van der Waals surface area contributed by atoms with Gasteiger partial charge in [-0.2, -0.15) is 10.5 Å². The fourth-order valence-electron chi connectivity index (χ4n) is 1.25. The van der Waals surface area contributed by atoms with Crippen LogP contribution in [0.3, 0.4) is 0 Å². The van der Waals surface area contributed by atoms with Gasteiger partial charge in [-0.05, 0) is 18.2 Å². The Kier molecular flexibility index (Phi) is 2.19. The first kappa shape index (κ1) is 8.98. The van der Waals surface area contributed by atoms with Crippen molar-refractivity contribution < 1.29 is 4.42 Å². The molecule has 0 bridgehead atoms. The fourth-order valence-corrected chi connectivity index (χ4v) is 1.25. The molecular formula is C11H5N3O. The Bertz CT molecular complexity index is 559. The minimum Gasteiger partial charge on any atom is -0.444 e. The van der Waals surface area contributed by atoms with Gasteiger partial charge < -0.3 is 4.42 Å². The first-order valence-corrected chi connectivity index (χ1v) is 4.19. The van der Waals surface area contributed by atoms with Crippen molar-refractivity contribution in [2.24, 2.45) is 0 Å². The molecule has 2 aromatic rings. The summed E-state index contributed by atoms with van der Waals surface area (Å²) in [5, 5.41) is 17.6. The van der Waals surface area contributed by atoms with Gasteiger partial charge in [-0.3, -0.25) is 0 Å². The fraction of sp³-hybridized carbons (Fsp3) is 0. The molecule has 1 aromatic heterocycles. The molecule has 0 radical (unpaired) electrons. The van der Waals surface area contributed by atoms with Crippen LogP contribution in [0.15, 0.2) is 35.1 Å². The number of rotatable bonds is 1. The van der Waals surface area contributed by atoms with E-state index in [1.165, 1.54) is 18.5 Å². The van der Waals surface area contributed by atoms with E-state index in [1.54, 1.807) is 12.1 Å². The van der Waals surface area contributed by atoms with Gasteiger partial charge in [-0.1, -0.05) is 0 Å². The predicted molar refractivity (Wildman–Crippen MR) is 51.4 cm³/mol. The monoisotopic (exact) mass is 195 g/mol. The van der Waals surface area contributed by atoms with Gasteiger partial charge in [0.2, 0.25) is 5.89 Å². The molecule has 0 atom stereocenters. The Morgan fingerprint density at radius 1 is 1.20 bits per heavy atom. The molecule has 15 heavy (non-hydrogen) atoms. The van der Waals surface area contributed by atoms with E-state index in [9.17, 15) is 0 Å². The van der Waals surface area contributed by atoms with Gasteiger partial charge in [0.25, 0.3) is 0 Å². The highest BCUT2D eigenvalue weighted by molar-refractivity contribution is 5.64. The van der Waals surface area contributed by atoms with Crippen LogP contribution in [0.4, 0.5) is 0 Å². The van der Waals surface area contributed by atoms with Crippen molar-refractivity contribution >= 4 is 0 Å². The molecule has 4 heteroatoms. The highest BCUT2D eigenvalue weighted by atomic mass is 16.3. The summed E-state index contributed by atoms with van der Waals surface area (Å²) >= 11 is 0. The number of nitrogens with zero attached hydrogens (tertiary/aromatic N) is 3. The standard InChI is InChI=1S/C11H5N3O/c12-6-8-1-2-10(9(5-8)7-13)11-14-3-4-15-11/h1-5H. The molecule has 0 saturated heterocycles. The van der Waals surface area contributed by atoms with Gasteiger partial charge in [0.1, 0.15) is 6.26 Å². The van der Waals surface area contributed by atoms with Gasteiger partial charge in [0, 0.05) is 0 Å². The van der Waals surface area contributed by atoms with Gasteiger partial charge in [0.15, 0.2) is 0 Å². The van der Waals surface area contributed by atoms with Crippen LogP contribution in [-0.4, -0.2) is 4.98 Å². The van der Waals surface area contributed by atoms with Crippen molar-refractivity contribution in [2.45, 2.75) is 0 Å². The van der Waals surface area contributed by atoms with E-state index < -0.39 is 0 Å². The van der Waals surface area contributed by atoms with E-state index in [0.717, 1.165) is 0 Å². The average molecular weight is 195 g/mol. The molecule has 0 saturated carbocycles. The second-order valence-corrected chi connectivity index (χ2v) is 2.82. The number of aromatic nitrogens is 1. The third kappa shape index (κ3) is 1.56. The third-order valence-electron chi connectivity index (χ3n) is 1.93. The van der Waals surface area contributed by atoms with Crippen LogP contribution < -0.4 is 0 Å². The molecule has 0 unspecified atom stereocenters. The quantitative estimate of drug-likeness (QED) is 0.698. The van der Waals surface area contributed by atoms with Crippen molar-refractivity contribution in [3.8, 4) is 23.6 Å². The Morgan fingerprint density at radius 2 is 2.07 bits per heavy atom. The molecule has 1 heterocycles. The van der Waals surface area contributed by atoms with E-state index >= 15 is 0 Å². The second kappa shape index (κ2) is 3.65. The molecule has 4 nitrogen and oxygen atoms in total. The van der Waals surface area contributed by atoms with Gasteiger partial charge >= 0.3 is 0 Å². The van der Waals surface area contributed by atoms with E-state index in [2.05, 4.69) is 4.98 Å². The molecule has 0 fully saturated rings. The van der Waals surface area contributed by atoms with Crippen molar-refractivity contribution in [2.75, 3.05) is 0 Å². The summed E-state index contributed by atoms with van der Waals surface area (Å²) in [6.45, 7) is 0. The summed E-state index contributed by atoms with van der Waals surface area (Å²) in [7, 11) is 0. The topological polar surface area (TPSA) is 73.6 Å². The van der Waals surface area contributed by atoms with Gasteiger partial charge in [-0.25, -0.2) is 4.98 Å².